The van der Waals surface area contributed by atoms with Crippen molar-refractivity contribution in [3.8, 4) is 0 Å². The van der Waals surface area contributed by atoms with E-state index in [0.717, 1.165) is 0 Å². The standard InChI is InChI=1S/C20H21FN2O4/c21-16-10-8-14(9-11-16)17(20(26)27)13-23-18(24)7-4-12-22-19(25)15-5-2-1-3-6-15/h1-3,5-6,8-11,17H,4,7,12-13H2,(H,22,25)(H,23,24)(H,26,27). The molecule has 0 aliphatic rings. The molecular weight excluding hydrogens is 351 g/mol. The van der Waals surface area contributed by atoms with Crippen LogP contribution in [0.2, 0.25) is 0 Å². The Kier molecular flexibility index (Phi) is 7.49. The van der Waals surface area contributed by atoms with Gasteiger partial charge in [-0.05, 0) is 36.2 Å². The Bertz CT molecular complexity index is 778. The van der Waals surface area contributed by atoms with E-state index >= 15 is 0 Å². The number of halogens is 1. The summed E-state index contributed by atoms with van der Waals surface area (Å²) in [5.41, 5.74) is 0.963. The molecule has 0 aliphatic heterocycles. The van der Waals surface area contributed by atoms with Gasteiger partial charge in [0.2, 0.25) is 5.91 Å². The van der Waals surface area contributed by atoms with Gasteiger partial charge in [-0.2, -0.15) is 0 Å². The van der Waals surface area contributed by atoms with Crippen molar-refractivity contribution < 1.29 is 23.9 Å². The van der Waals surface area contributed by atoms with Crippen LogP contribution in [0.3, 0.4) is 0 Å². The fraction of sp³-hybridized carbons (Fsp3) is 0.250. The average molecular weight is 372 g/mol. The maximum Gasteiger partial charge on any atom is 0.312 e. The number of carbonyl (C=O) groups excluding carboxylic acids is 2. The smallest absolute Gasteiger partial charge is 0.312 e. The lowest BCUT2D eigenvalue weighted by atomic mass is 9.99. The minimum absolute atomic E-state index is 0.0871. The molecule has 1 unspecified atom stereocenters. The Morgan fingerprint density at radius 2 is 1.63 bits per heavy atom. The van der Waals surface area contributed by atoms with Crippen LogP contribution in [0.5, 0.6) is 0 Å². The van der Waals surface area contributed by atoms with Gasteiger partial charge < -0.3 is 15.7 Å². The number of hydrogen-bond acceptors (Lipinski definition) is 3. The van der Waals surface area contributed by atoms with Gasteiger partial charge in [-0.15, -0.1) is 0 Å². The third kappa shape index (κ3) is 6.54. The maximum atomic E-state index is 13.0. The zero-order valence-corrected chi connectivity index (χ0v) is 14.7. The largest absolute Gasteiger partial charge is 0.481 e. The second-order valence-electron chi connectivity index (χ2n) is 5.97. The van der Waals surface area contributed by atoms with E-state index < -0.39 is 17.7 Å². The zero-order valence-electron chi connectivity index (χ0n) is 14.7. The van der Waals surface area contributed by atoms with E-state index in [2.05, 4.69) is 10.6 Å². The normalized spacial score (nSPS) is 11.4. The number of aliphatic carboxylic acids is 1. The van der Waals surface area contributed by atoms with Crippen molar-refractivity contribution in [1.29, 1.82) is 0 Å². The fourth-order valence-corrected chi connectivity index (χ4v) is 2.49. The average Bonchev–Trinajstić information content (AvgIpc) is 2.67. The summed E-state index contributed by atoms with van der Waals surface area (Å²) in [6.07, 6.45) is 0.587. The first-order valence-corrected chi connectivity index (χ1v) is 8.55. The number of rotatable bonds is 9. The summed E-state index contributed by atoms with van der Waals surface area (Å²) in [4.78, 5) is 35.1. The molecule has 2 rings (SSSR count). The number of amides is 2. The van der Waals surface area contributed by atoms with Crippen LogP contribution in [0.15, 0.2) is 54.6 Å². The molecule has 2 amide bonds. The van der Waals surface area contributed by atoms with Crippen LogP contribution in [0, 0.1) is 5.82 Å². The topological polar surface area (TPSA) is 95.5 Å². The van der Waals surface area contributed by atoms with Crippen LogP contribution in [-0.2, 0) is 9.59 Å². The maximum absolute atomic E-state index is 13.0. The molecule has 0 radical (unpaired) electrons. The predicted octanol–water partition coefficient (Wildman–Crippen LogP) is 2.32. The van der Waals surface area contributed by atoms with Crippen LogP contribution in [0.4, 0.5) is 4.39 Å². The molecule has 1 atom stereocenters. The minimum atomic E-state index is -1.10. The van der Waals surface area contributed by atoms with Gasteiger partial charge in [0.25, 0.3) is 5.91 Å². The van der Waals surface area contributed by atoms with Crippen LogP contribution in [-0.4, -0.2) is 36.0 Å². The van der Waals surface area contributed by atoms with E-state index in [0.29, 0.717) is 24.1 Å². The highest BCUT2D eigenvalue weighted by Crippen LogP contribution is 2.16. The Labute approximate surface area is 156 Å². The van der Waals surface area contributed by atoms with Crippen molar-refractivity contribution in [2.24, 2.45) is 0 Å². The van der Waals surface area contributed by atoms with E-state index in [4.69, 9.17) is 0 Å². The van der Waals surface area contributed by atoms with Crippen molar-refractivity contribution in [3.05, 3.63) is 71.5 Å². The van der Waals surface area contributed by atoms with Crippen molar-refractivity contribution in [1.82, 2.24) is 10.6 Å². The second kappa shape index (κ2) is 10.1. The lowest BCUT2D eigenvalue weighted by Crippen LogP contribution is -2.32. The molecular formula is C20H21FN2O4. The molecule has 142 valence electrons. The lowest BCUT2D eigenvalue weighted by Gasteiger charge is -2.14. The van der Waals surface area contributed by atoms with Crippen LogP contribution >= 0.6 is 0 Å². The van der Waals surface area contributed by atoms with Gasteiger partial charge in [-0.1, -0.05) is 30.3 Å². The number of benzene rings is 2. The number of carboxylic acids is 1. The number of nitrogens with one attached hydrogen (secondary N) is 2. The zero-order chi connectivity index (χ0) is 19.6. The molecule has 0 spiro atoms. The quantitative estimate of drug-likeness (QED) is 0.589. The van der Waals surface area contributed by atoms with Gasteiger partial charge in [0.15, 0.2) is 0 Å². The van der Waals surface area contributed by atoms with Gasteiger partial charge in [0.05, 0.1) is 5.92 Å². The first-order chi connectivity index (χ1) is 13.0. The third-order valence-electron chi connectivity index (χ3n) is 3.98. The number of carbonyl (C=O) groups is 3. The summed E-state index contributed by atoms with van der Waals surface area (Å²) in [6.45, 7) is 0.248. The van der Waals surface area contributed by atoms with E-state index in [9.17, 15) is 23.9 Å². The summed E-state index contributed by atoms with van der Waals surface area (Å²) in [5, 5.41) is 14.6. The van der Waals surface area contributed by atoms with Crippen LogP contribution in [0.25, 0.3) is 0 Å². The van der Waals surface area contributed by atoms with Crippen molar-refractivity contribution >= 4 is 17.8 Å². The molecule has 0 saturated carbocycles. The first kappa shape index (κ1) is 20.1. The summed E-state index contributed by atoms with van der Waals surface area (Å²) >= 11 is 0. The third-order valence-corrected chi connectivity index (χ3v) is 3.98. The highest BCUT2D eigenvalue weighted by molar-refractivity contribution is 5.94. The molecule has 0 aromatic heterocycles. The molecule has 0 aliphatic carbocycles. The Balaban J connectivity index is 1.72. The highest BCUT2D eigenvalue weighted by atomic mass is 19.1. The molecule has 0 fully saturated rings. The molecule has 0 heterocycles. The number of hydrogen-bond donors (Lipinski definition) is 3. The molecule has 27 heavy (non-hydrogen) atoms. The van der Waals surface area contributed by atoms with Crippen molar-refractivity contribution in [2.45, 2.75) is 18.8 Å². The Hall–Kier alpha value is -3.22. The molecule has 2 aromatic rings. The van der Waals surface area contributed by atoms with Gasteiger partial charge in [0.1, 0.15) is 5.82 Å². The Morgan fingerprint density at radius 1 is 0.963 bits per heavy atom. The minimum Gasteiger partial charge on any atom is -0.481 e. The summed E-state index contributed by atoms with van der Waals surface area (Å²) < 4.78 is 13.0. The summed E-state index contributed by atoms with van der Waals surface area (Å²) in [7, 11) is 0. The van der Waals surface area contributed by atoms with Crippen LogP contribution in [0.1, 0.15) is 34.7 Å². The van der Waals surface area contributed by atoms with E-state index in [1.54, 1.807) is 24.3 Å². The lowest BCUT2D eigenvalue weighted by molar-refractivity contribution is -0.138. The summed E-state index contributed by atoms with van der Waals surface area (Å²) in [5.74, 6) is -3.02. The molecule has 7 heteroatoms. The Morgan fingerprint density at radius 3 is 2.26 bits per heavy atom. The molecule has 2 aromatic carbocycles. The van der Waals surface area contributed by atoms with E-state index in [1.807, 2.05) is 6.07 Å². The van der Waals surface area contributed by atoms with Crippen molar-refractivity contribution in [3.63, 3.8) is 0 Å². The van der Waals surface area contributed by atoms with Gasteiger partial charge in [-0.25, -0.2) is 4.39 Å². The van der Waals surface area contributed by atoms with E-state index in [1.165, 1.54) is 24.3 Å². The van der Waals surface area contributed by atoms with Gasteiger partial charge in [-0.3, -0.25) is 14.4 Å². The SMILES string of the molecule is O=C(CCCNC(=O)c1ccccc1)NCC(C(=O)O)c1ccc(F)cc1. The molecule has 6 nitrogen and oxygen atoms in total. The molecule has 0 bridgehead atoms. The summed E-state index contributed by atoms with van der Waals surface area (Å²) in [6, 6.07) is 13.9. The fourth-order valence-electron chi connectivity index (χ4n) is 2.49. The van der Waals surface area contributed by atoms with Gasteiger partial charge in [0, 0.05) is 25.1 Å². The first-order valence-electron chi connectivity index (χ1n) is 8.55. The van der Waals surface area contributed by atoms with Crippen molar-refractivity contribution in [2.75, 3.05) is 13.1 Å². The highest BCUT2D eigenvalue weighted by Gasteiger charge is 2.20. The van der Waals surface area contributed by atoms with Crippen LogP contribution < -0.4 is 10.6 Å². The molecule has 0 saturated heterocycles. The second-order valence-corrected chi connectivity index (χ2v) is 5.97. The molecule has 3 N–H and O–H groups in total. The van der Waals surface area contributed by atoms with Gasteiger partial charge >= 0.3 is 5.97 Å². The number of carboxylic acid groups (broad SMARTS) is 1. The monoisotopic (exact) mass is 372 g/mol. The predicted molar refractivity (Wildman–Crippen MR) is 97.8 cm³/mol. The van der Waals surface area contributed by atoms with E-state index in [-0.39, 0.29) is 24.8 Å².